The first-order chi connectivity index (χ1) is 17.6. The molecule has 6 heterocycles. The first-order valence-electron chi connectivity index (χ1n) is 12.8. The fourth-order valence-electron chi connectivity index (χ4n) is 6.75. The van der Waals surface area contributed by atoms with Crippen LogP contribution in [0.3, 0.4) is 0 Å². The second-order valence-electron chi connectivity index (χ2n) is 11.6. The lowest BCUT2D eigenvalue weighted by Crippen LogP contribution is -2.56. The Balaban J connectivity index is 1.63. The number of nitrogens with zero attached hydrogens (tertiary/aromatic N) is 2. The number of hydrogen-bond acceptors (Lipinski definition) is 4. The first-order valence-corrected chi connectivity index (χ1v) is 17.5. The number of anilines is 1. The summed E-state index contributed by atoms with van der Waals surface area (Å²) in [5, 5.41) is 11.7. The molecule has 1 amide bonds. The van der Waals surface area contributed by atoms with Gasteiger partial charge in [-0.05, 0) is 52.6 Å². The molecular weight excluding hydrogens is 547 g/mol. The zero-order chi connectivity index (χ0) is 25.9. The van der Waals surface area contributed by atoms with Crippen molar-refractivity contribution in [3.63, 3.8) is 0 Å². The van der Waals surface area contributed by atoms with Gasteiger partial charge in [0.15, 0.2) is 15.9 Å². The Morgan fingerprint density at radius 2 is 2.16 bits per heavy atom. The average Bonchev–Trinajstić information content (AvgIpc) is 3.43. The van der Waals surface area contributed by atoms with Crippen molar-refractivity contribution in [2.75, 3.05) is 18.1 Å². The highest BCUT2D eigenvalue weighted by atomic mass is 35.5. The number of hydrogen-bond donors (Lipinski definition) is 1. The van der Waals surface area contributed by atoms with Crippen LogP contribution in [0.2, 0.25) is 5.02 Å². The zero-order valence-electron chi connectivity index (χ0n) is 21.1. The van der Waals surface area contributed by atoms with Crippen LogP contribution >= 0.6 is 29.6 Å². The summed E-state index contributed by atoms with van der Waals surface area (Å²) in [6.45, 7) is 5.60. The van der Waals surface area contributed by atoms with Gasteiger partial charge in [-0.3, -0.25) is 4.79 Å². The number of ether oxygens (including phenoxy) is 1. The molecule has 0 radical (unpaired) electrons. The van der Waals surface area contributed by atoms with Gasteiger partial charge < -0.3 is 14.7 Å². The average molecular weight is 577 g/mol. The number of halogens is 1. The summed E-state index contributed by atoms with van der Waals surface area (Å²) in [6, 6.07) is 5.71. The maximum absolute atomic E-state index is 15.8. The van der Waals surface area contributed by atoms with Gasteiger partial charge in [-0.2, -0.15) is 16.0 Å². The van der Waals surface area contributed by atoms with Crippen LogP contribution < -0.4 is 14.9 Å². The number of benzene rings is 1. The third-order valence-corrected chi connectivity index (χ3v) is 19.3. The quantitative estimate of drug-likeness (QED) is 0.286. The zero-order valence-corrected chi connectivity index (χ0v) is 24.4. The van der Waals surface area contributed by atoms with Gasteiger partial charge in [0.05, 0.1) is 51.3 Å². The molecule has 1 N–H and O–H groups in total. The molecule has 1 saturated carbocycles. The molecule has 2 aromatic rings. The molecule has 8 rings (SSSR count). The minimum absolute atomic E-state index is 0.0261. The van der Waals surface area contributed by atoms with Crippen LogP contribution in [-0.4, -0.2) is 49.0 Å². The molecule has 37 heavy (non-hydrogen) atoms. The maximum atomic E-state index is 15.8. The van der Waals surface area contributed by atoms with Crippen LogP contribution in [0.25, 0.3) is 5.57 Å². The lowest BCUT2D eigenvalue weighted by atomic mass is 9.75. The van der Waals surface area contributed by atoms with E-state index in [0.29, 0.717) is 17.3 Å². The van der Waals surface area contributed by atoms with Crippen molar-refractivity contribution in [2.45, 2.75) is 69.4 Å². The van der Waals surface area contributed by atoms with Gasteiger partial charge in [0.2, 0.25) is 0 Å². The number of aliphatic hydroxyl groups is 1. The monoisotopic (exact) mass is 576 g/mol. The van der Waals surface area contributed by atoms with Crippen molar-refractivity contribution in [3.8, 4) is 5.75 Å². The number of fused-ring (bicyclic) bond motifs is 1. The van der Waals surface area contributed by atoms with Crippen molar-refractivity contribution in [1.29, 1.82) is 0 Å². The summed E-state index contributed by atoms with van der Waals surface area (Å²) in [5.41, 5.74) is 2.40. The van der Waals surface area contributed by atoms with E-state index >= 15 is 4.21 Å². The third-order valence-electron chi connectivity index (χ3n) is 8.50. The molecule has 5 aliphatic heterocycles. The normalized spacial score (nSPS) is 30.1. The van der Waals surface area contributed by atoms with E-state index in [2.05, 4.69) is 43.4 Å². The van der Waals surface area contributed by atoms with Crippen molar-refractivity contribution >= 4 is 61.4 Å². The highest BCUT2D eigenvalue weighted by Gasteiger charge is 2.60. The van der Waals surface area contributed by atoms with Gasteiger partial charge in [0.1, 0.15) is 10.6 Å². The highest BCUT2D eigenvalue weighted by Crippen LogP contribution is 2.59. The molecule has 6 aliphatic rings. The molecule has 1 aromatic carbocycles. The molecule has 10 heteroatoms. The Morgan fingerprint density at radius 3 is 2.84 bits per heavy atom. The summed E-state index contributed by atoms with van der Waals surface area (Å²) < 4.78 is 23.6. The molecule has 3 unspecified atom stereocenters. The van der Waals surface area contributed by atoms with Gasteiger partial charge in [0, 0.05) is 23.2 Å². The summed E-state index contributed by atoms with van der Waals surface area (Å²) in [4.78, 5) is 17.4. The van der Waals surface area contributed by atoms with Crippen LogP contribution in [-0.2, 0) is 20.7 Å². The van der Waals surface area contributed by atoms with Crippen molar-refractivity contribution in [2.24, 2.45) is 0 Å². The van der Waals surface area contributed by atoms with E-state index in [9.17, 15) is 9.90 Å². The first kappa shape index (κ1) is 24.5. The third kappa shape index (κ3) is 3.20. The molecule has 4 atom stereocenters. The summed E-state index contributed by atoms with van der Waals surface area (Å²) in [5.74, 6) is 0.555. The topological polar surface area (TPSA) is 70.1 Å². The predicted molar refractivity (Wildman–Crippen MR) is 152 cm³/mol. The van der Waals surface area contributed by atoms with E-state index in [1.165, 1.54) is 0 Å². The van der Waals surface area contributed by atoms with Gasteiger partial charge >= 0.3 is 0 Å². The van der Waals surface area contributed by atoms with E-state index in [-0.39, 0.29) is 30.7 Å². The summed E-state index contributed by atoms with van der Waals surface area (Å²) in [6.07, 6.45) is 8.18. The van der Waals surface area contributed by atoms with Gasteiger partial charge in [0.25, 0.3) is 5.91 Å². The second kappa shape index (κ2) is 8.00. The minimum atomic E-state index is -2.61. The van der Waals surface area contributed by atoms with Crippen LogP contribution in [0.15, 0.2) is 24.3 Å². The van der Waals surface area contributed by atoms with Gasteiger partial charge in [-0.25, -0.2) is 4.21 Å². The SMILES string of the molecule is CC(C)(C)S1(=O)=[P+]2[CH-]C=C(c3cc(Cl)cc4c3N(C(=O)CO4)[C@@H]3CN1C1(CCC1)C3)c1[s+][c-](CO)cc12. The molecule has 2 fully saturated rings. The Kier molecular flexibility index (Phi) is 5.29. The molecule has 1 spiro atoms. The Labute approximate surface area is 227 Å². The Morgan fingerprint density at radius 1 is 1.38 bits per heavy atom. The highest BCUT2D eigenvalue weighted by molar-refractivity contribution is 8.32. The number of allylic oxidation sites excluding steroid dienone is 1. The van der Waals surface area contributed by atoms with E-state index in [1.807, 2.05) is 11.0 Å². The van der Waals surface area contributed by atoms with Gasteiger partial charge in [-0.15, -0.1) is 0 Å². The van der Waals surface area contributed by atoms with E-state index in [1.54, 1.807) is 17.4 Å². The van der Waals surface area contributed by atoms with Crippen LogP contribution in [0.4, 0.5) is 5.69 Å². The number of amides is 1. The smallest absolute Gasteiger partial charge is 0.265 e. The number of carbonyl (C=O) groups is 1. The second-order valence-corrected chi connectivity index (χ2v) is 19.9. The van der Waals surface area contributed by atoms with Crippen molar-refractivity contribution in [1.82, 2.24) is 4.31 Å². The van der Waals surface area contributed by atoms with Crippen LogP contribution in [0.1, 0.15) is 61.8 Å². The number of thiophene rings is 1. The fraction of sp³-hybridized carbons (Fsp3) is 0.481. The van der Waals surface area contributed by atoms with Crippen LogP contribution in [0, 0.1) is 6.16 Å². The largest absolute Gasteiger partial charge is 0.482 e. The van der Waals surface area contributed by atoms with E-state index in [4.69, 9.17) is 16.3 Å². The molecule has 6 nitrogen and oxygen atoms in total. The molecule has 4 bridgehead atoms. The summed E-state index contributed by atoms with van der Waals surface area (Å²) in [7, 11) is -2.61. The lowest BCUT2D eigenvalue weighted by Gasteiger charge is -2.48. The molecule has 1 aliphatic carbocycles. The lowest BCUT2D eigenvalue weighted by molar-refractivity contribution is -0.121. The van der Waals surface area contributed by atoms with Crippen LogP contribution in [0.5, 0.6) is 5.75 Å². The Bertz CT molecular complexity index is 1530. The van der Waals surface area contributed by atoms with Crippen molar-refractivity contribution in [3.05, 3.63) is 50.8 Å². The van der Waals surface area contributed by atoms with Gasteiger partial charge in [-0.1, -0.05) is 29.3 Å². The Hall–Kier alpha value is -1.54. The summed E-state index contributed by atoms with van der Waals surface area (Å²) >= 11 is 8.16. The van der Waals surface area contributed by atoms with E-state index < -0.39 is 20.7 Å². The molecule has 196 valence electrons. The van der Waals surface area contributed by atoms with Crippen molar-refractivity contribution < 1.29 is 18.8 Å². The number of carbonyl (C=O) groups excluding carboxylic acids is 1. The molecule has 1 aromatic heterocycles. The minimum Gasteiger partial charge on any atom is -0.482 e. The molecule has 1 saturated heterocycles. The fourth-order valence-corrected chi connectivity index (χ4v) is 17.7. The standard InChI is InChI=1S/C27H30ClN2O4PS2/c1-26(2,3)37(33)29-13-17(12-27(29)6-4-7-27)30-23(32)15-34-21-10-16(28)9-20(24(21)30)19-5-8-35(37)22-11-18(14-31)36-25(19)22/h5,8-11,17,31H,4,6-7,12-15H2,1-3H3/t17-,37?/m0/s1. The maximum Gasteiger partial charge on any atom is 0.265 e. The predicted octanol–water partition coefficient (Wildman–Crippen LogP) is 5.26. The molecular formula is C27H30ClN2O4PS2. The number of aliphatic hydroxyl groups excluding tert-OH is 1. The van der Waals surface area contributed by atoms with E-state index in [0.717, 1.165) is 57.6 Å². The number of rotatable bonds is 1.